The maximum absolute atomic E-state index is 5.46. The second kappa shape index (κ2) is 9.48. The molecule has 0 radical (unpaired) electrons. The van der Waals surface area contributed by atoms with Gasteiger partial charge in [0.15, 0.2) is 0 Å². The van der Waals surface area contributed by atoms with Crippen LogP contribution in [0.3, 0.4) is 0 Å². The zero-order chi connectivity index (χ0) is 19.2. The summed E-state index contributed by atoms with van der Waals surface area (Å²) in [6.45, 7) is 8.83. The van der Waals surface area contributed by atoms with Crippen LogP contribution in [0.5, 0.6) is 0 Å². The normalized spacial score (nSPS) is 14.4. The van der Waals surface area contributed by atoms with Crippen molar-refractivity contribution in [1.29, 1.82) is 0 Å². The van der Waals surface area contributed by atoms with Gasteiger partial charge in [-0.05, 0) is 53.9 Å². The number of halogens is 1. The molecule has 0 spiro atoms. The molecule has 146 valence electrons. The molecular weight excluding hydrogens is 408 g/mol. The quantitative estimate of drug-likeness (QED) is 0.661. The smallest absolute Gasteiger partial charge is 0.232 e. The van der Waals surface area contributed by atoms with Gasteiger partial charge in [-0.25, -0.2) is 4.98 Å². The van der Waals surface area contributed by atoms with Gasteiger partial charge in [0.1, 0.15) is 5.82 Å². The van der Waals surface area contributed by atoms with E-state index in [1.807, 2.05) is 13.0 Å². The van der Waals surface area contributed by atoms with Crippen LogP contribution in [-0.2, 0) is 15.9 Å². The van der Waals surface area contributed by atoms with Crippen LogP contribution in [0.15, 0.2) is 28.7 Å². The monoisotopic (exact) mass is 434 g/mol. The van der Waals surface area contributed by atoms with Gasteiger partial charge < -0.3 is 19.3 Å². The first-order chi connectivity index (χ1) is 13.1. The fourth-order valence-electron chi connectivity index (χ4n) is 3.18. The second-order valence-corrected chi connectivity index (χ2v) is 7.39. The number of methoxy groups -OCH3 is 1. The first-order valence-corrected chi connectivity index (χ1v) is 10.1. The third-order valence-corrected chi connectivity index (χ3v) is 5.25. The molecule has 1 aromatic heterocycles. The van der Waals surface area contributed by atoms with Gasteiger partial charge >= 0.3 is 0 Å². The molecule has 0 aliphatic carbocycles. The molecule has 27 heavy (non-hydrogen) atoms. The zero-order valence-corrected chi connectivity index (χ0v) is 17.8. The minimum Gasteiger partial charge on any atom is -0.384 e. The van der Waals surface area contributed by atoms with E-state index in [1.165, 1.54) is 5.56 Å². The summed E-state index contributed by atoms with van der Waals surface area (Å²) in [5.74, 6) is 1.69. The Labute approximate surface area is 169 Å². The highest BCUT2D eigenvalue weighted by Gasteiger charge is 2.18. The lowest BCUT2D eigenvalue weighted by molar-refractivity contribution is 0.122. The molecule has 1 aromatic carbocycles. The molecule has 1 aliphatic rings. The molecule has 6 nitrogen and oxygen atoms in total. The Morgan fingerprint density at radius 2 is 2.00 bits per heavy atom. The van der Waals surface area contributed by atoms with Crippen LogP contribution in [0.4, 0.5) is 17.5 Å². The summed E-state index contributed by atoms with van der Waals surface area (Å²) in [6, 6.07) is 8.46. The maximum atomic E-state index is 5.46. The third kappa shape index (κ3) is 4.97. The molecule has 0 bridgehead atoms. The minimum absolute atomic E-state index is 0.715. The predicted molar refractivity (Wildman–Crippen MR) is 112 cm³/mol. The van der Waals surface area contributed by atoms with Gasteiger partial charge in [0, 0.05) is 43.0 Å². The molecule has 0 amide bonds. The number of rotatable bonds is 7. The first-order valence-electron chi connectivity index (χ1n) is 9.35. The van der Waals surface area contributed by atoms with Gasteiger partial charge in [0.25, 0.3) is 0 Å². The molecule has 7 heteroatoms. The van der Waals surface area contributed by atoms with Gasteiger partial charge in [0.05, 0.1) is 25.5 Å². The van der Waals surface area contributed by atoms with Crippen molar-refractivity contribution in [2.75, 3.05) is 56.4 Å². The van der Waals surface area contributed by atoms with Crippen LogP contribution in [0.1, 0.15) is 18.2 Å². The fraction of sp³-hybridized carbons (Fsp3) is 0.500. The summed E-state index contributed by atoms with van der Waals surface area (Å²) in [7, 11) is 1.73. The van der Waals surface area contributed by atoms with Crippen molar-refractivity contribution in [2.45, 2.75) is 20.3 Å². The van der Waals surface area contributed by atoms with Crippen molar-refractivity contribution in [3.05, 3.63) is 40.0 Å². The van der Waals surface area contributed by atoms with E-state index in [1.54, 1.807) is 7.11 Å². The van der Waals surface area contributed by atoms with Crippen LogP contribution in [-0.4, -0.2) is 56.5 Å². The Hall–Kier alpha value is -1.70. The molecule has 0 unspecified atom stereocenters. The number of aryl methyl sites for hydroxylation is 1. The van der Waals surface area contributed by atoms with Crippen molar-refractivity contribution in [3.8, 4) is 0 Å². The Bertz CT molecular complexity index is 766. The van der Waals surface area contributed by atoms with Gasteiger partial charge in [-0.15, -0.1) is 0 Å². The largest absolute Gasteiger partial charge is 0.384 e. The Morgan fingerprint density at radius 1 is 1.22 bits per heavy atom. The van der Waals surface area contributed by atoms with Crippen molar-refractivity contribution in [3.63, 3.8) is 0 Å². The Balaban J connectivity index is 1.90. The number of anilines is 3. The molecule has 0 atom stereocenters. The van der Waals surface area contributed by atoms with Gasteiger partial charge in [-0.1, -0.05) is 6.07 Å². The van der Waals surface area contributed by atoms with Gasteiger partial charge in [-0.2, -0.15) is 4.98 Å². The lowest BCUT2D eigenvalue weighted by Crippen LogP contribution is -2.37. The minimum atomic E-state index is 0.715. The average molecular weight is 435 g/mol. The van der Waals surface area contributed by atoms with Crippen molar-refractivity contribution in [1.82, 2.24) is 9.97 Å². The number of hydrogen-bond donors (Lipinski definition) is 0. The van der Waals surface area contributed by atoms with E-state index >= 15 is 0 Å². The topological polar surface area (TPSA) is 50.7 Å². The van der Waals surface area contributed by atoms with E-state index in [9.17, 15) is 0 Å². The molecule has 1 fully saturated rings. The summed E-state index contributed by atoms with van der Waals surface area (Å²) in [5.41, 5.74) is 3.27. The lowest BCUT2D eigenvalue weighted by Gasteiger charge is -2.29. The summed E-state index contributed by atoms with van der Waals surface area (Å²) < 4.78 is 11.7. The molecule has 3 rings (SSSR count). The highest BCUT2D eigenvalue weighted by Crippen LogP contribution is 2.32. The van der Waals surface area contributed by atoms with E-state index in [4.69, 9.17) is 19.4 Å². The lowest BCUT2D eigenvalue weighted by atomic mass is 10.1. The van der Waals surface area contributed by atoms with Crippen LogP contribution in [0.25, 0.3) is 0 Å². The molecular formula is C20H27BrN4O2. The van der Waals surface area contributed by atoms with Gasteiger partial charge in [-0.3, -0.25) is 0 Å². The average Bonchev–Trinajstić information content (AvgIpc) is 2.68. The SMILES string of the molecule is CCN(c1nc(C)cc(N2CCOCC2)n1)c1ccc(CCOC)cc1Br. The van der Waals surface area contributed by atoms with Crippen LogP contribution >= 0.6 is 15.9 Å². The molecule has 0 saturated carbocycles. The van der Waals surface area contributed by atoms with Crippen molar-refractivity contribution in [2.24, 2.45) is 0 Å². The summed E-state index contributed by atoms with van der Waals surface area (Å²) >= 11 is 3.73. The number of nitrogens with zero attached hydrogens (tertiary/aromatic N) is 4. The van der Waals surface area contributed by atoms with E-state index in [-0.39, 0.29) is 0 Å². The zero-order valence-electron chi connectivity index (χ0n) is 16.2. The number of ether oxygens (including phenoxy) is 2. The van der Waals surface area contributed by atoms with Crippen LogP contribution in [0.2, 0.25) is 0 Å². The fourth-order valence-corrected chi connectivity index (χ4v) is 3.82. The van der Waals surface area contributed by atoms with Gasteiger partial charge in [0.2, 0.25) is 5.95 Å². The third-order valence-electron chi connectivity index (χ3n) is 4.62. The number of aromatic nitrogens is 2. The maximum Gasteiger partial charge on any atom is 0.232 e. The second-order valence-electron chi connectivity index (χ2n) is 6.54. The number of morpholine rings is 1. The summed E-state index contributed by atoms with van der Waals surface area (Å²) in [6.07, 6.45) is 0.892. The predicted octanol–water partition coefficient (Wildman–Crippen LogP) is 3.73. The van der Waals surface area contributed by atoms with Crippen molar-refractivity contribution >= 4 is 33.4 Å². The van der Waals surface area contributed by atoms with Crippen molar-refractivity contribution < 1.29 is 9.47 Å². The standard InChI is InChI=1S/C20H27BrN4O2/c1-4-25(18-6-5-16(7-10-26-3)14-17(18)21)20-22-15(2)13-19(23-20)24-8-11-27-12-9-24/h5-6,13-14H,4,7-12H2,1-3H3. The van der Waals surface area contributed by atoms with Crippen LogP contribution in [0, 0.1) is 6.92 Å². The molecule has 1 aliphatic heterocycles. The number of benzene rings is 1. The summed E-state index contributed by atoms with van der Waals surface area (Å²) in [5, 5.41) is 0. The molecule has 2 aromatic rings. The van der Waals surface area contributed by atoms with E-state index in [0.29, 0.717) is 6.61 Å². The molecule has 2 heterocycles. The van der Waals surface area contributed by atoms with E-state index in [2.05, 4.69) is 50.9 Å². The van der Waals surface area contributed by atoms with Crippen LogP contribution < -0.4 is 9.80 Å². The van der Waals surface area contributed by atoms with E-state index < -0.39 is 0 Å². The first kappa shape index (κ1) is 20.0. The Morgan fingerprint density at radius 3 is 2.67 bits per heavy atom. The molecule has 1 saturated heterocycles. The highest BCUT2D eigenvalue weighted by molar-refractivity contribution is 9.10. The summed E-state index contributed by atoms with van der Waals surface area (Å²) in [4.78, 5) is 14.0. The van der Waals surface area contributed by atoms with E-state index in [0.717, 1.165) is 66.9 Å². The molecule has 0 N–H and O–H groups in total. The highest BCUT2D eigenvalue weighted by atomic mass is 79.9. The number of hydrogen-bond acceptors (Lipinski definition) is 6. The Kier molecular flexibility index (Phi) is 7.04.